The van der Waals surface area contributed by atoms with E-state index in [2.05, 4.69) is 10.3 Å². The number of aromatic nitrogens is 2. The summed E-state index contributed by atoms with van der Waals surface area (Å²) in [6.07, 6.45) is 1.39. The molecule has 0 aliphatic heterocycles. The Hall–Kier alpha value is -3.35. The van der Waals surface area contributed by atoms with Gasteiger partial charge in [-0.25, -0.2) is 8.78 Å². The first-order valence-electron chi connectivity index (χ1n) is 7.12. The fourth-order valence-corrected chi connectivity index (χ4v) is 2.72. The highest BCUT2D eigenvalue weighted by Crippen LogP contribution is 2.29. The molecule has 2 aromatic heterocycles. The second-order valence-corrected chi connectivity index (χ2v) is 5.33. The van der Waals surface area contributed by atoms with Crippen LogP contribution in [0, 0.1) is 11.6 Å². The van der Waals surface area contributed by atoms with Crippen molar-refractivity contribution in [1.82, 2.24) is 9.38 Å². The fourth-order valence-electron chi connectivity index (χ4n) is 2.72. The summed E-state index contributed by atoms with van der Waals surface area (Å²) in [6, 6.07) is 10.1. The highest BCUT2D eigenvalue weighted by Gasteiger charge is 2.21. The first kappa shape index (κ1) is 14.3. The number of nitrogens with zero attached hydrogens (tertiary/aromatic N) is 1. The molecule has 0 saturated heterocycles. The van der Waals surface area contributed by atoms with Crippen LogP contribution in [0.15, 0.2) is 48.7 Å². The van der Waals surface area contributed by atoms with Gasteiger partial charge in [0.1, 0.15) is 28.6 Å². The zero-order chi connectivity index (χ0) is 16.8. The quantitative estimate of drug-likeness (QED) is 0.526. The molecule has 0 aliphatic carbocycles. The van der Waals surface area contributed by atoms with Gasteiger partial charge in [-0.05, 0) is 24.3 Å². The van der Waals surface area contributed by atoms with Crippen molar-refractivity contribution in [3.63, 3.8) is 0 Å². The van der Waals surface area contributed by atoms with Gasteiger partial charge in [-0.1, -0.05) is 12.1 Å². The SMILES string of the molecule is O=C(Nc1cc(F)ccc1F)c1c(O)cn2c1[nH]c1ccccc12. The number of halogens is 2. The number of anilines is 1. The van der Waals surface area contributed by atoms with Crippen molar-refractivity contribution >= 4 is 28.3 Å². The number of hydrogen-bond acceptors (Lipinski definition) is 2. The van der Waals surface area contributed by atoms with Crippen molar-refractivity contribution in [2.75, 3.05) is 5.32 Å². The third kappa shape index (κ3) is 2.10. The highest BCUT2D eigenvalue weighted by atomic mass is 19.1. The lowest BCUT2D eigenvalue weighted by Crippen LogP contribution is -2.13. The lowest BCUT2D eigenvalue weighted by Gasteiger charge is -2.06. The topological polar surface area (TPSA) is 69.5 Å². The minimum Gasteiger partial charge on any atom is -0.505 e. The number of carbonyl (C=O) groups is 1. The van der Waals surface area contributed by atoms with Gasteiger partial charge in [-0.15, -0.1) is 0 Å². The number of fused-ring (bicyclic) bond motifs is 3. The Kier molecular flexibility index (Phi) is 3.02. The predicted octanol–water partition coefficient (Wildman–Crippen LogP) is 3.66. The molecule has 7 heteroatoms. The highest BCUT2D eigenvalue weighted by molar-refractivity contribution is 6.11. The molecule has 0 fully saturated rings. The van der Waals surface area contributed by atoms with Crippen molar-refractivity contribution < 1.29 is 18.7 Å². The van der Waals surface area contributed by atoms with Crippen molar-refractivity contribution in [3.8, 4) is 5.75 Å². The van der Waals surface area contributed by atoms with Gasteiger partial charge in [0.25, 0.3) is 5.91 Å². The molecule has 0 aliphatic rings. The maximum atomic E-state index is 13.7. The van der Waals surface area contributed by atoms with Gasteiger partial charge >= 0.3 is 0 Å². The Bertz CT molecular complexity index is 1100. The van der Waals surface area contributed by atoms with Crippen LogP contribution in [-0.2, 0) is 0 Å². The molecule has 4 rings (SSSR count). The summed E-state index contributed by atoms with van der Waals surface area (Å²) >= 11 is 0. The van der Waals surface area contributed by atoms with Crippen LogP contribution in [0.5, 0.6) is 5.75 Å². The van der Waals surface area contributed by atoms with Crippen molar-refractivity contribution in [3.05, 3.63) is 65.9 Å². The Morgan fingerprint density at radius 3 is 2.79 bits per heavy atom. The Morgan fingerprint density at radius 1 is 1.17 bits per heavy atom. The number of H-pyrrole nitrogens is 1. The molecule has 0 unspecified atom stereocenters. The van der Waals surface area contributed by atoms with Gasteiger partial charge in [0.05, 0.1) is 22.9 Å². The van der Waals surface area contributed by atoms with E-state index in [0.29, 0.717) is 5.65 Å². The number of rotatable bonds is 2. The maximum absolute atomic E-state index is 13.7. The van der Waals surface area contributed by atoms with Crippen molar-refractivity contribution in [2.24, 2.45) is 0 Å². The summed E-state index contributed by atoms with van der Waals surface area (Å²) in [5.41, 5.74) is 1.57. The van der Waals surface area contributed by atoms with Crippen LogP contribution in [0.4, 0.5) is 14.5 Å². The van der Waals surface area contributed by atoms with Crippen LogP contribution >= 0.6 is 0 Å². The zero-order valence-corrected chi connectivity index (χ0v) is 12.2. The van der Waals surface area contributed by atoms with Gasteiger partial charge in [-0.2, -0.15) is 0 Å². The minimum absolute atomic E-state index is 0.0464. The average molecular weight is 327 g/mol. The Labute approximate surface area is 134 Å². The fraction of sp³-hybridized carbons (Fsp3) is 0. The van der Waals surface area contributed by atoms with Crippen LogP contribution in [0.3, 0.4) is 0 Å². The van der Waals surface area contributed by atoms with Crippen LogP contribution in [0.25, 0.3) is 16.7 Å². The number of nitrogens with one attached hydrogen (secondary N) is 2. The molecule has 2 heterocycles. The molecule has 120 valence electrons. The molecule has 1 amide bonds. The minimum atomic E-state index is -0.767. The molecular weight excluding hydrogens is 316 g/mol. The van der Waals surface area contributed by atoms with E-state index < -0.39 is 17.5 Å². The standard InChI is InChI=1S/C17H11F2N3O2/c18-9-5-6-10(19)12(7-9)21-17(24)15-14(23)8-22-13-4-2-1-3-11(13)20-16(15)22/h1-8,20,23H,(H,21,24). The van der Waals surface area contributed by atoms with E-state index in [4.69, 9.17) is 0 Å². The molecular formula is C17H11F2N3O2. The van der Waals surface area contributed by atoms with Crippen molar-refractivity contribution in [1.29, 1.82) is 0 Å². The predicted molar refractivity (Wildman–Crippen MR) is 85.2 cm³/mol. The normalized spacial score (nSPS) is 11.2. The van der Waals surface area contributed by atoms with Gasteiger partial charge in [-0.3, -0.25) is 9.20 Å². The van der Waals surface area contributed by atoms with Gasteiger partial charge in [0.15, 0.2) is 0 Å². The molecule has 0 spiro atoms. The van der Waals surface area contributed by atoms with Gasteiger partial charge in [0.2, 0.25) is 0 Å². The number of hydrogen-bond donors (Lipinski definition) is 3. The molecule has 0 saturated carbocycles. The monoisotopic (exact) mass is 327 g/mol. The lowest BCUT2D eigenvalue weighted by molar-refractivity contribution is 0.102. The molecule has 3 N–H and O–H groups in total. The smallest absolute Gasteiger partial charge is 0.263 e. The second kappa shape index (κ2) is 5.09. The van der Waals surface area contributed by atoms with E-state index >= 15 is 0 Å². The largest absolute Gasteiger partial charge is 0.505 e. The van der Waals surface area contributed by atoms with E-state index in [-0.39, 0.29) is 17.0 Å². The molecule has 0 bridgehead atoms. The molecule has 24 heavy (non-hydrogen) atoms. The van der Waals surface area contributed by atoms with Crippen LogP contribution in [0.2, 0.25) is 0 Å². The molecule has 0 radical (unpaired) electrons. The number of amides is 1. The molecule has 5 nitrogen and oxygen atoms in total. The number of aromatic amines is 1. The van der Waals surface area contributed by atoms with Gasteiger partial charge in [0, 0.05) is 6.07 Å². The van der Waals surface area contributed by atoms with Crippen molar-refractivity contribution in [2.45, 2.75) is 0 Å². The average Bonchev–Trinajstić information content (AvgIpc) is 3.05. The number of aromatic hydroxyl groups is 1. The first-order valence-corrected chi connectivity index (χ1v) is 7.12. The second-order valence-electron chi connectivity index (χ2n) is 5.33. The maximum Gasteiger partial charge on any atom is 0.263 e. The van der Waals surface area contributed by atoms with E-state index in [9.17, 15) is 18.7 Å². The summed E-state index contributed by atoms with van der Waals surface area (Å²) in [6.45, 7) is 0. The molecule has 2 aromatic carbocycles. The van der Waals surface area contributed by atoms with E-state index in [1.807, 2.05) is 24.3 Å². The van der Waals surface area contributed by atoms with E-state index in [1.54, 1.807) is 4.40 Å². The van der Waals surface area contributed by atoms with E-state index in [0.717, 1.165) is 29.2 Å². The summed E-state index contributed by atoms with van der Waals surface area (Å²) in [5.74, 6) is -2.45. The Balaban J connectivity index is 1.82. The van der Waals surface area contributed by atoms with Crippen LogP contribution in [-0.4, -0.2) is 20.4 Å². The summed E-state index contributed by atoms with van der Waals surface area (Å²) in [7, 11) is 0. The summed E-state index contributed by atoms with van der Waals surface area (Å²) in [4.78, 5) is 15.5. The first-order chi connectivity index (χ1) is 11.5. The summed E-state index contributed by atoms with van der Waals surface area (Å²) < 4.78 is 28.6. The summed E-state index contributed by atoms with van der Waals surface area (Å²) in [5, 5.41) is 12.4. The number of carbonyl (C=O) groups excluding carboxylic acids is 1. The van der Waals surface area contributed by atoms with Crippen LogP contribution in [0.1, 0.15) is 10.4 Å². The van der Waals surface area contributed by atoms with E-state index in [1.165, 1.54) is 6.20 Å². The number of imidazole rings is 1. The third-order valence-corrected chi connectivity index (χ3v) is 3.81. The zero-order valence-electron chi connectivity index (χ0n) is 12.2. The Morgan fingerprint density at radius 2 is 1.96 bits per heavy atom. The van der Waals surface area contributed by atoms with Gasteiger partial charge < -0.3 is 15.4 Å². The molecule has 4 aromatic rings. The third-order valence-electron chi connectivity index (χ3n) is 3.81. The number of benzene rings is 2. The number of para-hydroxylation sites is 2. The lowest BCUT2D eigenvalue weighted by atomic mass is 10.2. The van der Waals surface area contributed by atoms with Crippen LogP contribution < -0.4 is 5.32 Å². The molecule has 0 atom stereocenters.